The number of hydrogen-bond donors (Lipinski definition) is 0. The molecule has 0 unspecified atom stereocenters. The molecule has 1 aliphatic rings. The lowest BCUT2D eigenvalue weighted by Crippen LogP contribution is -2.40. The summed E-state index contributed by atoms with van der Waals surface area (Å²) in [4.78, 5) is 11.8. The van der Waals surface area contributed by atoms with Crippen molar-refractivity contribution in [3.63, 3.8) is 0 Å². The van der Waals surface area contributed by atoms with Crippen molar-refractivity contribution >= 4 is 14.0 Å². The van der Waals surface area contributed by atoms with Crippen molar-refractivity contribution in [1.29, 1.82) is 0 Å². The number of esters is 1. The van der Waals surface area contributed by atoms with Crippen molar-refractivity contribution in [2.45, 2.75) is 45.3 Å². The van der Waals surface area contributed by atoms with Gasteiger partial charge in [-0.15, -0.1) is 0 Å². The van der Waals surface area contributed by atoms with Crippen LogP contribution in [0.4, 0.5) is 0 Å². The highest BCUT2D eigenvalue weighted by atomic mass is 28.3. The number of carbonyl (C=O) groups is 1. The first-order chi connectivity index (χ1) is 7.50. The number of allylic oxidation sites excluding steroid dienone is 1. The van der Waals surface area contributed by atoms with Gasteiger partial charge in [-0.3, -0.25) is 4.79 Å². The molecular weight excluding hydrogens is 220 g/mol. The van der Waals surface area contributed by atoms with Gasteiger partial charge in [0.05, 0.1) is 24.1 Å². The average Bonchev–Trinajstić information content (AvgIpc) is 2.29. The first-order valence-electron chi connectivity index (χ1n) is 6.00. The van der Waals surface area contributed by atoms with Crippen molar-refractivity contribution < 1.29 is 14.3 Å². The summed E-state index contributed by atoms with van der Waals surface area (Å²) in [7, 11) is -1.84. The second kappa shape index (κ2) is 5.52. The molecule has 1 atom stereocenters. The van der Waals surface area contributed by atoms with Crippen LogP contribution in [0.5, 0.6) is 0 Å². The molecule has 1 heterocycles. The third kappa shape index (κ3) is 2.87. The fourth-order valence-corrected chi connectivity index (χ4v) is 4.03. The maximum Gasteiger partial charge on any atom is 0.306 e. The predicted molar refractivity (Wildman–Crippen MR) is 66.8 cm³/mol. The van der Waals surface area contributed by atoms with Gasteiger partial charge in [0.1, 0.15) is 8.07 Å². The first kappa shape index (κ1) is 13.3. The van der Waals surface area contributed by atoms with Crippen LogP contribution in [0.15, 0.2) is 11.5 Å². The Balaban J connectivity index is 2.75. The molecule has 1 rings (SSSR count). The minimum absolute atomic E-state index is 0.0446. The van der Waals surface area contributed by atoms with Crippen molar-refractivity contribution in [2.75, 3.05) is 13.2 Å². The molecule has 16 heavy (non-hydrogen) atoms. The summed E-state index contributed by atoms with van der Waals surface area (Å²) in [5.41, 5.74) is -0.0446. The third-order valence-electron chi connectivity index (χ3n) is 3.29. The van der Waals surface area contributed by atoms with E-state index in [-0.39, 0.29) is 11.5 Å². The third-order valence-corrected chi connectivity index (χ3v) is 7.31. The Bertz CT molecular complexity index is 284. The number of carbonyl (C=O) groups excluding carboxylic acids is 1. The zero-order valence-corrected chi connectivity index (χ0v) is 11.7. The summed E-state index contributed by atoms with van der Waals surface area (Å²) in [6.07, 6.45) is 4.31. The topological polar surface area (TPSA) is 35.5 Å². The second-order valence-electron chi connectivity index (χ2n) is 4.75. The van der Waals surface area contributed by atoms with Crippen LogP contribution in [0.2, 0.25) is 18.6 Å². The van der Waals surface area contributed by atoms with E-state index in [1.54, 1.807) is 0 Å². The second-order valence-corrected chi connectivity index (χ2v) is 9.56. The molecule has 0 aromatic carbocycles. The average molecular weight is 242 g/mol. The molecule has 0 saturated heterocycles. The Hall–Kier alpha value is -0.773. The maximum atomic E-state index is 11.8. The zero-order valence-electron chi connectivity index (χ0n) is 10.7. The summed E-state index contributed by atoms with van der Waals surface area (Å²) in [5.74, 6) is -0.0887. The Morgan fingerprint density at radius 1 is 1.62 bits per heavy atom. The summed E-state index contributed by atoms with van der Waals surface area (Å²) < 4.78 is 10.8. The normalized spacial score (nSPS) is 18.4. The molecule has 1 aliphatic heterocycles. The highest BCUT2D eigenvalue weighted by Gasteiger charge is 2.40. The van der Waals surface area contributed by atoms with Crippen LogP contribution in [-0.4, -0.2) is 27.3 Å². The Morgan fingerprint density at radius 2 is 2.31 bits per heavy atom. The Morgan fingerprint density at radius 3 is 2.81 bits per heavy atom. The van der Waals surface area contributed by atoms with E-state index < -0.39 is 8.07 Å². The molecular formula is C12H22O3Si. The maximum absolute atomic E-state index is 11.8. The first-order valence-corrected chi connectivity index (χ1v) is 9.08. The molecule has 0 radical (unpaired) electrons. The highest BCUT2D eigenvalue weighted by Crippen LogP contribution is 2.32. The lowest BCUT2D eigenvalue weighted by molar-refractivity contribution is -0.142. The SMILES string of the molecule is CCOC(=O)[C@H](C)[Si](C)(C)C1=CCCCO1. The number of hydrogen-bond acceptors (Lipinski definition) is 3. The summed E-state index contributed by atoms with van der Waals surface area (Å²) in [5, 5.41) is 1.07. The van der Waals surface area contributed by atoms with E-state index in [9.17, 15) is 4.79 Å². The van der Waals surface area contributed by atoms with Crippen molar-refractivity contribution in [1.82, 2.24) is 0 Å². The van der Waals surface area contributed by atoms with E-state index in [2.05, 4.69) is 19.2 Å². The molecule has 0 bridgehead atoms. The van der Waals surface area contributed by atoms with Gasteiger partial charge in [-0.1, -0.05) is 26.1 Å². The van der Waals surface area contributed by atoms with Gasteiger partial charge >= 0.3 is 5.97 Å². The molecule has 0 amide bonds. The summed E-state index contributed by atoms with van der Waals surface area (Å²) >= 11 is 0. The summed E-state index contributed by atoms with van der Waals surface area (Å²) in [6.45, 7) is 9.39. The highest BCUT2D eigenvalue weighted by molar-refractivity contribution is 6.87. The van der Waals surface area contributed by atoms with Crippen LogP contribution in [0.25, 0.3) is 0 Å². The van der Waals surface area contributed by atoms with Gasteiger partial charge in [0.25, 0.3) is 0 Å². The fraction of sp³-hybridized carbons (Fsp3) is 0.750. The lowest BCUT2D eigenvalue weighted by atomic mass is 10.3. The lowest BCUT2D eigenvalue weighted by Gasteiger charge is -2.32. The van der Waals surface area contributed by atoms with E-state index in [1.165, 1.54) is 0 Å². The fourth-order valence-electron chi connectivity index (χ4n) is 1.78. The van der Waals surface area contributed by atoms with E-state index >= 15 is 0 Å². The molecule has 0 N–H and O–H groups in total. The van der Waals surface area contributed by atoms with Gasteiger partial charge in [0.2, 0.25) is 0 Å². The van der Waals surface area contributed by atoms with E-state index in [4.69, 9.17) is 9.47 Å². The number of ether oxygens (including phenoxy) is 2. The quantitative estimate of drug-likeness (QED) is 0.562. The van der Waals surface area contributed by atoms with Crippen molar-refractivity contribution in [2.24, 2.45) is 0 Å². The molecule has 4 heteroatoms. The van der Waals surface area contributed by atoms with Crippen LogP contribution < -0.4 is 0 Å². The number of rotatable bonds is 4. The molecule has 0 saturated carbocycles. The van der Waals surface area contributed by atoms with Gasteiger partial charge in [-0.2, -0.15) is 0 Å². The smallest absolute Gasteiger partial charge is 0.306 e. The molecule has 92 valence electrons. The molecule has 3 nitrogen and oxygen atoms in total. The van der Waals surface area contributed by atoms with E-state index in [0.29, 0.717) is 6.61 Å². The van der Waals surface area contributed by atoms with Crippen LogP contribution in [0.1, 0.15) is 26.7 Å². The van der Waals surface area contributed by atoms with Gasteiger partial charge < -0.3 is 9.47 Å². The standard InChI is InChI=1S/C12H22O3Si/c1-5-14-12(13)10(2)16(3,4)11-8-6-7-9-15-11/h8,10H,5-7,9H2,1-4H3/t10-/m0/s1. The molecule has 0 spiro atoms. The predicted octanol–water partition coefficient (Wildman–Crippen LogP) is 2.88. The van der Waals surface area contributed by atoms with E-state index in [0.717, 1.165) is 24.8 Å². The van der Waals surface area contributed by atoms with Gasteiger partial charge in [0, 0.05) is 0 Å². The van der Waals surface area contributed by atoms with Crippen LogP contribution in [0, 0.1) is 0 Å². The van der Waals surface area contributed by atoms with Crippen LogP contribution in [0.3, 0.4) is 0 Å². The van der Waals surface area contributed by atoms with Gasteiger partial charge in [0.15, 0.2) is 0 Å². The Kier molecular flexibility index (Phi) is 4.59. The van der Waals surface area contributed by atoms with E-state index in [1.807, 2.05) is 13.8 Å². The van der Waals surface area contributed by atoms with Crippen LogP contribution >= 0.6 is 0 Å². The van der Waals surface area contributed by atoms with Crippen molar-refractivity contribution in [3.05, 3.63) is 11.5 Å². The van der Waals surface area contributed by atoms with Gasteiger partial charge in [-0.05, 0) is 19.8 Å². The molecule has 0 aromatic heterocycles. The largest absolute Gasteiger partial charge is 0.503 e. The minimum atomic E-state index is -1.84. The molecule has 0 aromatic rings. The van der Waals surface area contributed by atoms with Gasteiger partial charge in [-0.25, -0.2) is 0 Å². The van der Waals surface area contributed by atoms with Crippen LogP contribution in [-0.2, 0) is 14.3 Å². The zero-order chi connectivity index (χ0) is 12.2. The monoisotopic (exact) mass is 242 g/mol. The minimum Gasteiger partial charge on any atom is -0.503 e. The summed E-state index contributed by atoms with van der Waals surface area (Å²) in [6, 6.07) is 0. The molecule has 0 fully saturated rings. The Labute approximate surface area is 98.8 Å². The molecule has 0 aliphatic carbocycles. The van der Waals surface area contributed by atoms with Crippen molar-refractivity contribution in [3.8, 4) is 0 Å².